The Morgan fingerprint density at radius 3 is 2.64 bits per heavy atom. The van der Waals surface area contributed by atoms with Gasteiger partial charge < -0.3 is 4.74 Å². The highest BCUT2D eigenvalue weighted by Crippen LogP contribution is 2.27. The standard InChI is InChI=1S/C8H8BrIO/c1-5-3-7(10)8(11-2)4-6(5)9/h3-4H,1-2H3. The van der Waals surface area contributed by atoms with Crippen molar-refractivity contribution in [3.8, 4) is 5.75 Å². The lowest BCUT2D eigenvalue weighted by Crippen LogP contribution is -1.88. The van der Waals surface area contributed by atoms with E-state index in [4.69, 9.17) is 4.74 Å². The molecule has 0 aliphatic carbocycles. The van der Waals surface area contributed by atoms with Crippen molar-refractivity contribution in [2.24, 2.45) is 0 Å². The molecular weight excluding hydrogens is 319 g/mol. The predicted octanol–water partition coefficient (Wildman–Crippen LogP) is 3.37. The Hall–Kier alpha value is 0.230. The second-order valence-corrected chi connectivity index (χ2v) is 4.25. The number of ether oxygens (including phenoxy) is 1. The summed E-state index contributed by atoms with van der Waals surface area (Å²) in [4.78, 5) is 0. The Morgan fingerprint density at radius 2 is 2.09 bits per heavy atom. The second kappa shape index (κ2) is 3.76. The van der Waals surface area contributed by atoms with Crippen LogP contribution in [0.2, 0.25) is 0 Å². The molecule has 1 aromatic rings. The van der Waals surface area contributed by atoms with Gasteiger partial charge in [0.15, 0.2) is 0 Å². The van der Waals surface area contributed by atoms with Crippen molar-refractivity contribution in [1.82, 2.24) is 0 Å². The number of halogens is 2. The largest absolute Gasteiger partial charge is 0.496 e. The highest BCUT2D eigenvalue weighted by atomic mass is 127. The number of rotatable bonds is 1. The van der Waals surface area contributed by atoms with Gasteiger partial charge in [-0.05, 0) is 47.2 Å². The van der Waals surface area contributed by atoms with E-state index in [1.165, 1.54) is 5.56 Å². The van der Waals surface area contributed by atoms with Gasteiger partial charge in [-0.1, -0.05) is 15.9 Å². The summed E-state index contributed by atoms with van der Waals surface area (Å²) in [6.45, 7) is 2.06. The first-order chi connectivity index (χ1) is 5.15. The third kappa shape index (κ3) is 2.08. The first kappa shape index (κ1) is 9.32. The van der Waals surface area contributed by atoms with Crippen LogP contribution in [0.3, 0.4) is 0 Å². The van der Waals surface area contributed by atoms with Gasteiger partial charge in [-0.3, -0.25) is 0 Å². The van der Waals surface area contributed by atoms with Crippen molar-refractivity contribution in [3.05, 3.63) is 25.7 Å². The zero-order chi connectivity index (χ0) is 8.43. The van der Waals surface area contributed by atoms with E-state index in [9.17, 15) is 0 Å². The van der Waals surface area contributed by atoms with E-state index < -0.39 is 0 Å². The fraction of sp³-hybridized carbons (Fsp3) is 0.250. The van der Waals surface area contributed by atoms with E-state index in [2.05, 4.69) is 51.5 Å². The maximum atomic E-state index is 5.14. The smallest absolute Gasteiger partial charge is 0.133 e. The van der Waals surface area contributed by atoms with Gasteiger partial charge in [-0.25, -0.2) is 0 Å². The molecule has 0 radical (unpaired) electrons. The van der Waals surface area contributed by atoms with Crippen molar-refractivity contribution in [1.29, 1.82) is 0 Å². The van der Waals surface area contributed by atoms with Crippen molar-refractivity contribution in [3.63, 3.8) is 0 Å². The van der Waals surface area contributed by atoms with E-state index in [0.29, 0.717) is 0 Å². The Bertz CT molecular complexity index is 273. The van der Waals surface area contributed by atoms with E-state index >= 15 is 0 Å². The fourth-order valence-electron chi connectivity index (χ4n) is 0.784. The maximum Gasteiger partial charge on any atom is 0.133 e. The molecule has 0 fully saturated rings. The zero-order valence-electron chi connectivity index (χ0n) is 6.32. The minimum atomic E-state index is 0.920. The van der Waals surface area contributed by atoms with Gasteiger partial charge >= 0.3 is 0 Å². The number of benzene rings is 1. The Morgan fingerprint density at radius 1 is 1.45 bits per heavy atom. The normalized spacial score (nSPS) is 9.82. The maximum absolute atomic E-state index is 5.14. The average Bonchev–Trinajstić information content (AvgIpc) is 1.97. The number of hydrogen-bond donors (Lipinski definition) is 0. The second-order valence-electron chi connectivity index (χ2n) is 2.24. The molecule has 3 heteroatoms. The van der Waals surface area contributed by atoms with Crippen LogP contribution in [0.1, 0.15) is 5.56 Å². The molecule has 0 aliphatic heterocycles. The molecule has 0 aliphatic rings. The van der Waals surface area contributed by atoms with Crippen LogP contribution in [-0.2, 0) is 0 Å². The van der Waals surface area contributed by atoms with Crippen molar-refractivity contribution < 1.29 is 4.74 Å². The molecule has 0 unspecified atom stereocenters. The molecule has 0 atom stereocenters. The lowest BCUT2D eigenvalue weighted by atomic mass is 10.2. The molecule has 60 valence electrons. The monoisotopic (exact) mass is 326 g/mol. The highest BCUT2D eigenvalue weighted by molar-refractivity contribution is 14.1. The highest BCUT2D eigenvalue weighted by Gasteiger charge is 2.02. The van der Waals surface area contributed by atoms with E-state index in [0.717, 1.165) is 13.8 Å². The molecule has 0 N–H and O–H groups in total. The van der Waals surface area contributed by atoms with Crippen molar-refractivity contribution >= 4 is 38.5 Å². The summed E-state index contributed by atoms with van der Waals surface area (Å²) in [5.74, 6) is 0.920. The van der Waals surface area contributed by atoms with Crippen LogP contribution in [0.15, 0.2) is 16.6 Å². The van der Waals surface area contributed by atoms with Crippen LogP contribution >= 0.6 is 38.5 Å². The summed E-state index contributed by atoms with van der Waals surface area (Å²) < 4.78 is 7.38. The van der Waals surface area contributed by atoms with Gasteiger partial charge in [0.05, 0.1) is 10.7 Å². The molecule has 0 spiro atoms. The molecule has 0 heterocycles. The van der Waals surface area contributed by atoms with Gasteiger partial charge in [-0.15, -0.1) is 0 Å². The third-order valence-corrected chi connectivity index (χ3v) is 3.13. The van der Waals surface area contributed by atoms with Crippen LogP contribution < -0.4 is 4.74 Å². The van der Waals surface area contributed by atoms with Crippen molar-refractivity contribution in [2.45, 2.75) is 6.92 Å². The van der Waals surface area contributed by atoms with Gasteiger partial charge in [0.1, 0.15) is 5.75 Å². The summed E-state index contributed by atoms with van der Waals surface area (Å²) >= 11 is 5.69. The van der Waals surface area contributed by atoms with Crippen LogP contribution in [-0.4, -0.2) is 7.11 Å². The quantitative estimate of drug-likeness (QED) is 0.719. The van der Waals surface area contributed by atoms with Gasteiger partial charge in [-0.2, -0.15) is 0 Å². The fourth-order valence-corrected chi connectivity index (χ4v) is 1.95. The molecular formula is C8H8BrIO. The lowest BCUT2D eigenvalue weighted by Gasteiger charge is -2.05. The van der Waals surface area contributed by atoms with E-state index in [1.54, 1.807) is 7.11 Å². The number of methoxy groups -OCH3 is 1. The summed E-state index contributed by atoms with van der Waals surface area (Å²) in [5.41, 5.74) is 1.23. The van der Waals surface area contributed by atoms with Crippen LogP contribution in [0.5, 0.6) is 5.75 Å². The van der Waals surface area contributed by atoms with Gasteiger partial charge in [0.25, 0.3) is 0 Å². The Labute approximate surface area is 88.4 Å². The Balaban J connectivity index is 3.21. The zero-order valence-corrected chi connectivity index (χ0v) is 10.1. The molecule has 0 saturated heterocycles. The van der Waals surface area contributed by atoms with Crippen molar-refractivity contribution in [2.75, 3.05) is 7.11 Å². The third-order valence-electron chi connectivity index (χ3n) is 1.43. The van der Waals surface area contributed by atoms with E-state index in [1.807, 2.05) is 6.07 Å². The molecule has 0 saturated carbocycles. The molecule has 1 nitrogen and oxygen atoms in total. The van der Waals surface area contributed by atoms with Crippen LogP contribution in [0, 0.1) is 10.5 Å². The topological polar surface area (TPSA) is 9.23 Å². The lowest BCUT2D eigenvalue weighted by molar-refractivity contribution is 0.411. The molecule has 0 bridgehead atoms. The SMILES string of the molecule is COc1cc(Br)c(C)cc1I. The summed E-state index contributed by atoms with van der Waals surface area (Å²) in [5, 5.41) is 0. The minimum Gasteiger partial charge on any atom is -0.496 e. The minimum absolute atomic E-state index is 0.920. The van der Waals surface area contributed by atoms with Gasteiger partial charge in [0, 0.05) is 4.47 Å². The molecule has 1 aromatic carbocycles. The predicted molar refractivity (Wildman–Crippen MR) is 58.1 cm³/mol. The summed E-state index contributed by atoms with van der Waals surface area (Å²) in [6.07, 6.45) is 0. The average molecular weight is 327 g/mol. The van der Waals surface area contributed by atoms with Gasteiger partial charge in [0.2, 0.25) is 0 Å². The molecule has 0 amide bonds. The summed E-state index contributed by atoms with van der Waals surface area (Å²) in [6, 6.07) is 4.07. The van der Waals surface area contributed by atoms with E-state index in [-0.39, 0.29) is 0 Å². The Kier molecular flexibility index (Phi) is 3.18. The first-order valence-electron chi connectivity index (χ1n) is 3.15. The number of hydrogen-bond acceptors (Lipinski definition) is 1. The van der Waals surface area contributed by atoms with Crippen LogP contribution in [0.25, 0.3) is 0 Å². The summed E-state index contributed by atoms with van der Waals surface area (Å²) in [7, 11) is 1.68. The molecule has 1 rings (SSSR count). The molecule has 11 heavy (non-hydrogen) atoms. The van der Waals surface area contributed by atoms with Crippen LogP contribution in [0.4, 0.5) is 0 Å². The number of aryl methyl sites for hydroxylation is 1. The first-order valence-corrected chi connectivity index (χ1v) is 5.02. The molecule has 0 aromatic heterocycles.